The van der Waals surface area contributed by atoms with Crippen LogP contribution in [0.2, 0.25) is 0 Å². The number of aliphatic imine (C=N–C) groups is 1. The second-order valence-corrected chi connectivity index (χ2v) is 6.85. The third-order valence-electron chi connectivity index (χ3n) is 3.90. The fraction of sp³-hybridized carbons (Fsp3) is 0.938. The van der Waals surface area contributed by atoms with Gasteiger partial charge in [0.05, 0.1) is 19.8 Å². The molecule has 1 aliphatic heterocycles. The maximum atomic E-state index is 5.48. The molecule has 0 atom stereocenters. The topological polar surface area (TPSA) is 64.1 Å². The molecule has 1 aliphatic rings. The molecule has 0 spiro atoms. The smallest absolute Gasteiger partial charge is 0.191 e. The molecule has 0 saturated carbocycles. The summed E-state index contributed by atoms with van der Waals surface area (Å²) in [6.45, 7) is 8.38. The van der Waals surface area contributed by atoms with Gasteiger partial charge in [-0.1, -0.05) is 0 Å². The normalized spacial score (nSPS) is 18.0. The van der Waals surface area contributed by atoms with Crippen LogP contribution in [0.25, 0.3) is 0 Å². The number of hydrogen-bond acceptors (Lipinski definition) is 5. The summed E-state index contributed by atoms with van der Waals surface area (Å²) in [5, 5.41) is 6.69. The molecule has 6 nitrogen and oxygen atoms in total. The largest absolute Gasteiger partial charge is 0.382 e. The van der Waals surface area contributed by atoms with Gasteiger partial charge in [-0.25, -0.2) is 0 Å². The van der Waals surface area contributed by atoms with Crippen molar-refractivity contribution in [2.45, 2.75) is 30.9 Å². The van der Waals surface area contributed by atoms with Gasteiger partial charge in [0.25, 0.3) is 0 Å². The first kappa shape index (κ1) is 20.5. The highest BCUT2D eigenvalue weighted by Gasteiger charge is 2.31. The fourth-order valence-corrected chi connectivity index (χ4v) is 3.13. The van der Waals surface area contributed by atoms with Crippen LogP contribution in [0, 0.1) is 0 Å². The lowest BCUT2D eigenvalue weighted by Crippen LogP contribution is -2.41. The van der Waals surface area contributed by atoms with E-state index in [1.54, 1.807) is 7.11 Å². The molecule has 0 aliphatic carbocycles. The molecule has 0 radical (unpaired) electrons. The van der Waals surface area contributed by atoms with Gasteiger partial charge in [0.2, 0.25) is 0 Å². The van der Waals surface area contributed by atoms with E-state index in [-0.39, 0.29) is 4.75 Å². The molecule has 1 fully saturated rings. The zero-order valence-corrected chi connectivity index (χ0v) is 15.7. The van der Waals surface area contributed by atoms with E-state index in [2.05, 4.69) is 23.8 Å². The second-order valence-electron chi connectivity index (χ2n) is 5.58. The highest BCUT2D eigenvalue weighted by Crippen LogP contribution is 2.33. The van der Waals surface area contributed by atoms with E-state index in [1.807, 2.05) is 11.8 Å². The Morgan fingerprint density at radius 2 is 2.00 bits per heavy atom. The van der Waals surface area contributed by atoms with Crippen molar-refractivity contribution in [3.8, 4) is 0 Å². The predicted molar refractivity (Wildman–Crippen MR) is 97.6 cm³/mol. The van der Waals surface area contributed by atoms with Crippen molar-refractivity contribution in [1.82, 2.24) is 10.6 Å². The molecule has 0 unspecified atom stereocenters. The minimum absolute atomic E-state index is 0.226. The molecule has 1 heterocycles. The summed E-state index contributed by atoms with van der Waals surface area (Å²) in [7, 11) is 1.68. The molecular weight excluding hydrogens is 314 g/mol. The Balaban J connectivity index is 2.31. The van der Waals surface area contributed by atoms with E-state index in [0.717, 1.165) is 64.7 Å². The van der Waals surface area contributed by atoms with E-state index >= 15 is 0 Å². The van der Waals surface area contributed by atoms with Crippen molar-refractivity contribution in [2.75, 3.05) is 66.0 Å². The van der Waals surface area contributed by atoms with Gasteiger partial charge in [-0.3, -0.25) is 4.99 Å². The Bertz CT molecular complexity index is 324. The molecule has 1 rings (SSSR count). The number of nitrogens with one attached hydrogen (secondary N) is 2. The van der Waals surface area contributed by atoms with Gasteiger partial charge in [0.15, 0.2) is 5.96 Å². The SMILES string of the molecule is CCNC(=NCC1(SC)CCOCC1)NCCCOCCOC. The molecule has 7 heteroatoms. The minimum atomic E-state index is 0.226. The maximum absolute atomic E-state index is 5.48. The first-order valence-electron chi connectivity index (χ1n) is 8.48. The monoisotopic (exact) mass is 347 g/mol. The van der Waals surface area contributed by atoms with Crippen LogP contribution in [0.3, 0.4) is 0 Å². The molecule has 0 bridgehead atoms. The molecule has 2 N–H and O–H groups in total. The lowest BCUT2D eigenvalue weighted by Gasteiger charge is -2.34. The summed E-state index contributed by atoms with van der Waals surface area (Å²) in [6, 6.07) is 0. The number of hydrogen-bond donors (Lipinski definition) is 2. The predicted octanol–water partition coefficient (Wildman–Crippen LogP) is 1.51. The summed E-state index contributed by atoms with van der Waals surface area (Å²) in [5.41, 5.74) is 0. The van der Waals surface area contributed by atoms with Crippen LogP contribution >= 0.6 is 11.8 Å². The molecule has 1 saturated heterocycles. The van der Waals surface area contributed by atoms with Gasteiger partial charge in [-0.2, -0.15) is 11.8 Å². The van der Waals surface area contributed by atoms with E-state index in [1.165, 1.54) is 0 Å². The lowest BCUT2D eigenvalue weighted by atomic mass is 9.99. The summed E-state index contributed by atoms with van der Waals surface area (Å²) >= 11 is 1.92. The first-order chi connectivity index (χ1) is 11.3. The van der Waals surface area contributed by atoms with Crippen molar-refractivity contribution in [2.24, 2.45) is 4.99 Å². The molecule has 0 amide bonds. The van der Waals surface area contributed by atoms with Gasteiger partial charge in [0.1, 0.15) is 0 Å². The van der Waals surface area contributed by atoms with Gasteiger partial charge in [0, 0.05) is 44.8 Å². The number of guanidine groups is 1. The van der Waals surface area contributed by atoms with Crippen LogP contribution in [-0.2, 0) is 14.2 Å². The summed E-state index contributed by atoms with van der Waals surface area (Å²) in [5.74, 6) is 0.893. The molecule has 23 heavy (non-hydrogen) atoms. The van der Waals surface area contributed by atoms with Crippen molar-refractivity contribution >= 4 is 17.7 Å². The molecule has 136 valence electrons. The molecule has 0 aromatic heterocycles. The van der Waals surface area contributed by atoms with Crippen molar-refractivity contribution < 1.29 is 14.2 Å². The van der Waals surface area contributed by atoms with Crippen LogP contribution in [0.15, 0.2) is 4.99 Å². The van der Waals surface area contributed by atoms with Crippen LogP contribution < -0.4 is 10.6 Å². The van der Waals surface area contributed by atoms with Gasteiger partial charge >= 0.3 is 0 Å². The summed E-state index contributed by atoms with van der Waals surface area (Å²) in [4.78, 5) is 4.78. The standard InChI is InChI=1S/C16H33N3O3S/c1-4-17-15(18-8-5-9-21-13-12-20-2)19-14-16(23-3)6-10-22-11-7-16/h4-14H2,1-3H3,(H2,17,18,19). The highest BCUT2D eigenvalue weighted by molar-refractivity contribution is 8.00. The van der Waals surface area contributed by atoms with Gasteiger partial charge in [-0.15, -0.1) is 0 Å². The van der Waals surface area contributed by atoms with Crippen molar-refractivity contribution in [1.29, 1.82) is 0 Å². The van der Waals surface area contributed by atoms with Crippen LogP contribution in [0.4, 0.5) is 0 Å². The van der Waals surface area contributed by atoms with Crippen LogP contribution in [0.1, 0.15) is 26.2 Å². The minimum Gasteiger partial charge on any atom is -0.382 e. The summed E-state index contributed by atoms with van der Waals surface area (Å²) < 4.78 is 16.1. The zero-order valence-electron chi connectivity index (χ0n) is 14.9. The number of thioether (sulfide) groups is 1. The maximum Gasteiger partial charge on any atom is 0.191 e. The second kappa shape index (κ2) is 12.9. The Morgan fingerprint density at radius 1 is 1.22 bits per heavy atom. The lowest BCUT2D eigenvalue weighted by molar-refractivity contribution is 0.0698. The average molecular weight is 348 g/mol. The third-order valence-corrected chi connectivity index (χ3v) is 5.30. The van der Waals surface area contributed by atoms with Gasteiger partial charge in [-0.05, 0) is 32.4 Å². The average Bonchev–Trinajstić information content (AvgIpc) is 2.59. The van der Waals surface area contributed by atoms with Crippen LogP contribution in [-0.4, -0.2) is 76.7 Å². The molecular formula is C16H33N3O3S. The van der Waals surface area contributed by atoms with E-state index in [9.17, 15) is 0 Å². The highest BCUT2D eigenvalue weighted by atomic mass is 32.2. The zero-order chi connectivity index (χ0) is 16.8. The van der Waals surface area contributed by atoms with E-state index in [4.69, 9.17) is 19.2 Å². The Labute approximate surface area is 145 Å². The van der Waals surface area contributed by atoms with Crippen LogP contribution in [0.5, 0.6) is 0 Å². The quantitative estimate of drug-likeness (QED) is 0.336. The van der Waals surface area contributed by atoms with E-state index < -0.39 is 0 Å². The third kappa shape index (κ3) is 8.79. The number of nitrogens with zero attached hydrogens (tertiary/aromatic N) is 1. The van der Waals surface area contributed by atoms with Crippen molar-refractivity contribution in [3.05, 3.63) is 0 Å². The summed E-state index contributed by atoms with van der Waals surface area (Å²) in [6.07, 6.45) is 5.28. The number of ether oxygens (including phenoxy) is 3. The molecule has 0 aromatic rings. The number of rotatable bonds is 11. The van der Waals surface area contributed by atoms with E-state index in [0.29, 0.717) is 13.2 Å². The number of methoxy groups -OCH3 is 1. The first-order valence-corrected chi connectivity index (χ1v) is 9.70. The van der Waals surface area contributed by atoms with Gasteiger partial charge < -0.3 is 24.8 Å². The Morgan fingerprint density at radius 3 is 2.65 bits per heavy atom. The Hall–Kier alpha value is -0.500. The fourth-order valence-electron chi connectivity index (χ4n) is 2.36. The Kier molecular flexibility index (Phi) is 11.5. The van der Waals surface area contributed by atoms with Crippen molar-refractivity contribution in [3.63, 3.8) is 0 Å². The molecule has 0 aromatic carbocycles.